The van der Waals surface area contributed by atoms with Crippen LogP contribution in [0.5, 0.6) is 5.75 Å². The van der Waals surface area contributed by atoms with Gasteiger partial charge in [0.1, 0.15) is 11.4 Å². The number of ether oxygens (including phenoxy) is 1. The Morgan fingerprint density at radius 2 is 2.19 bits per heavy atom. The Morgan fingerprint density at radius 3 is 2.75 bits per heavy atom. The van der Waals surface area contributed by atoms with Crippen LogP contribution in [0.4, 0.5) is 5.69 Å². The fourth-order valence-corrected chi connectivity index (χ4v) is 1.53. The van der Waals surface area contributed by atoms with Crippen LogP contribution in [-0.4, -0.2) is 17.9 Å². The normalized spacial score (nSPS) is 16.9. The molecule has 0 bridgehead atoms. The van der Waals surface area contributed by atoms with E-state index < -0.39 is 0 Å². The molecule has 0 spiro atoms. The molecule has 1 aromatic carbocycles. The number of hydrogen-bond donors (Lipinski definition) is 3. The van der Waals surface area contributed by atoms with E-state index in [1.54, 1.807) is 12.1 Å². The van der Waals surface area contributed by atoms with Gasteiger partial charge in [0.25, 0.3) is 0 Å². The average Bonchev–Trinajstić information content (AvgIpc) is 2.98. The highest BCUT2D eigenvalue weighted by Crippen LogP contribution is 2.39. The minimum atomic E-state index is -0.0156. The van der Waals surface area contributed by atoms with E-state index in [-0.39, 0.29) is 12.1 Å². The fourth-order valence-electron chi connectivity index (χ4n) is 1.53. The van der Waals surface area contributed by atoms with Gasteiger partial charge in [0.05, 0.1) is 5.71 Å². The molecule has 0 unspecified atom stereocenters. The van der Waals surface area contributed by atoms with Gasteiger partial charge in [-0.05, 0) is 38.0 Å². The number of nitrogens with two attached hydrogens (primary N) is 2. The summed E-state index contributed by atoms with van der Waals surface area (Å²) in [6, 6.07) is 5.40. The summed E-state index contributed by atoms with van der Waals surface area (Å²) in [7, 11) is 0. The Balaban J connectivity index is 2.24. The number of nitrogens with one attached hydrogen (secondary N) is 1. The highest BCUT2D eigenvalue weighted by atomic mass is 16.5. The molecule has 5 N–H and O–H groups in total. The second kappa shape index (κ2) is 3.79. The highest BCUT2D eigenvalue weighted by molar-refractivity contribution is 6.04. The van der Waals surface area contributed by atoms with Crippen LogP contribution in [0.25, 0.3) is 0 Å². The molecule has 1 saturated carbocycles. The standard InChI is InChI=1S/C12H17N3O/c1-12(4-5-12)16-8-2-3-10(14)9(6-8)11(15)7-13/h2-3,6,15H,4-5,7,13-14H2,1H3. The Morgan fingerprint density at radius 1 is 1.50 bits per heavy atom. The second-order valence-corrected chi connectivity index (χ2v) is 4.48. The molecule has 1 aromatic rings. The quantitative estimate of drug-likeness (QED) is 0.530. The zero-order chi connectivity index (χ0) is 11.8. The molecule has 0 aliphatic heterocycles. The minimum Gasteiger partial charge on any atom is -0.488 e. The third-order valence-corrected chi connectivity index (χ3v) is 2.87. The van der Waals surface area contributed by atoms with Gasteiger partial charge in [-0.2, -0.15) is 0 Å². The zero-order valence-corrected chi connectivity index (χ0v) is 9.42. The molecule has 0 amide bonds. The van der Waals surface area contributed by atoms with Gasteiger partial charge < -0.3 is 21.6 Å². The zero-order valence-electron chi connectivity index (χ0n) is 9.42. The second-order valence-electron chi connectivity index (χ2n) is 4.48. The lowest BCUT2D eigenvalue weighted by Crippen LogP contribution is -2.17. The summed E-state index contributed by atoms with van der Waals surface area (Å²) in [4.78, 5) is 0. The van der Waals surface area contributed by atoms with Crippen LogP contribution >= 0.6 is 0 Å². The van der Waals surface area contributed by atoms with Crippen molar-refractivity contribution in [3.8, 4) is 5.75 Å². The minimum absolute atomic E-state index is 0.0156. The molecule has 1 fully saturated rings. The van der Waals surface area contributed by atoms with Gasteiger partial charge in [-0.15, -0.1) is 0 Å². The third-order valence-electron chi connectivity index (χ3n) is 2.87. The lowest BCUT2D eigenvalue weighted by Gasteiger charge is -2.14. The summed E-state index contributed by atoms with van der Waals surface area (Å²) in [5.41, 5.74) is 12.8. The molecule has 0 radical (unpaired) electrons. The first-order valence-corrected chi connectivity index (χ1v) is 5.40. The van der Waals surface area contributed by atoms with E-state index in [9.17, 15) is 0 Å². The van der Waals surface area contributed by atoms with Crippen molar-refractivity contribution in [2.75, 3.05) is 12.3 Å². The number of anilines is 1. The number of nitrogen functional groups attached to an aromatic ring is 1. The van der Waals surface area contributed by atoms with Crippen LogP contribution in [0.1, 0.15) is 25.3 Å². The van der Waals surface area contributed by atoms with Crippen LogP contribution in [0.15, 0.2) is 18.2 Å². The lowest BCUT2D eigenvalue weighted by molar-refractivity contribution is 0.200. The largest absolute Gasteiger partial charge is 0.488 e. The maximum Gasteiger partial charge on any atom is 0.120 e. The number of benzene rings is 1. The molecule has 0 heterocycles. The molecule has 1 aliphatic carbocycles. The molecule has 4 nitrogen and oxygen atoms in total. The molecule has 1 aliphatic rings. The van der Waals surface area contributed by atoms with Crippen molar-refractivity contribution >= 4 is 11.4 Å². The van der Waals surface area contributed by atoms with Crippen molar-refractivity contribution in [2.45, 2.75) is 25.4 Å². The van der Waals surface area contributed by atoms with Crippen molar-refractivity contribution < 1.29 is 4.74 Å². The van der Waals surface area contributed by atoms with E-state index in [4.69, 9.17) is 21.6 Å². The van der Waals surface area contributed by atoms with E-state index >= 15 is 0 Å². The monoisotopic (exact) mass is 219 g/mol. The maximum absolute atomic E-state index is 7.70. The fraction of sp³-hybridized carbons (Fsp3) is 0.417. The first-order valence-electron chi connectivity index (χ1n) is 5.40. The molecule has 0 saturated heterocycles. The van der Waals surface area contributed by atoms with Crippen LogP contribution in [0.2, 0.25) is 0 Å². The van der Waals surface area contributed by atoms with Crippen molar-refractivity contribution in [3.05, 3.63) is 23.8 Å². The van der Waals surface area contributed by atoms with E-state index in [1.165, 1.54) is 0 Å². The van der Waals surface area contributed by atoms with Crippen LogP contribution < -0.4 is 16.2 Å². The molecule has 0 aromatic heterocycles. The van der Waals surface area contributed by atoms with Crippen molar-refractivity contribution in [3.63, 3.8) is 0 Å². The molecular weight excluding hydrogens is 202 g/mol. The molecule has 86 valence electrons. The Hall–Kier alpha value is -1.55. The van der Waals surface area contributed by atoms with Crippen LogP contribution in [-0.2, 0) is 0 Å². The molecular formula is C12H17N3O. The lowest BCUT2D eigenvalue weighted by atomic mass is 10.1. The Labute approximate surface area is 95.1 Å². The number of hydrogen-bond acceptors (Lipinski definition) is 4. The van der Waals surface area contributed by atoms with Crippen LogP contribution in [0.3, 0.4) is 0 Å². The molecule has 4 heteroatoms. The predicted molar refractivity (Wildman–Crippen MR) is 65.0 cm³/mol. The summed E-state index contributed by atoms with van der Waals surface area (Å²) >= 11 is 0. The summed E-state index contributed by atoms with van der Waals surface area (Å²) < 4.78 is 5.81. The van der Waals surface area contributed by atoms with E-state index in [0.717, 1.165) is 18.6 Å². The molecule has 16 heavy (non-hydrogen) atoms. The summed E-state index contributed by atoms with van der Waals surface area (Å²) in [5.74, 6) is 0.766. The van der Waals surface area contributed by atoms with Crippen molar-refractivity contribution in [1.82, 2.24) is 0 Å². The molecule has 2 rings (SSSR count). The number of rotatable bonds is 4. The summed E-state index contributed by atoms with van der Waals surface area (Å²) in [6.07, 6.45) is 2.17. The van der Waals surface area contributed by atoms with Gasteiger partial charge in [-0.25, -0.2) is 0 Å². The van der Waals surface area contributed by atoms with Gasteiger partial charge in [0.2, 0.25) is 0 Å². The van der Waals surface area contributed by atoms with Crippen LogP contribution in [0, 0.1) is 5.41 Å². The van der Waals surface area contributed by atoms with Gasteiger partial charge in [-0.3, -0.25) is 0 Å². The van der Waals surface area contributed by atoms with E-state index in [2.05, 4.69) is 6.92 Å². The van der Waals surface area contributed by atoms with Crippen molar-refractivity contribution in [2.24, 2.45) is 5.73 Å². The summed E-state index contributed by atoms with van der Waals surface area (Å²) in [5, 5.41) is 7.70. The van der Waals surface area contributed by atoms with Gasteiger partial charge >= 0.3 is 0 Å². The first kappa shape index (κ1) is 11.0. The smallest absolute Gasteiger partial charge is 0.120 e. The Bertz CT molecular complexity index is 424. The van der Waals surface area contributed by atoms with Crippen molar-refractivity contribution in [1.29, 1.82) is 5.41 Å². The molecule has 0 atom stereocenters. The topological polar surface area (TPSA) is 85.1 Å². The van der Waals surface area contributed by atoms with Gasteiger partial charge in [-0.1, -0.05) is 0 Å². The van der Waals surface area contributed by atoms with Gasteiger partial charge in [0, 0.05) is 17.8 Å². The van der Waals surface area contributed by atoms with E-state index in [1.807, 2.05) is 6.07 Å². The SMILES string of the molecule is CC1(Oc2ccc(N)c(C(=N)CN)c2)CC1. The van der Waals surface area contributed by atoms with Gasteiger partial charge in [0.15, 0.2) is 0 Å². The average molecular weight is 219 g/mol. The summed E-state index contributed by atoms with van der Waals surface area (Å²) in [6.45, 7) is 2.27. The highest BCUT2D eigenvalue weighted by Gasteiger charge is 2.40. The maximum atomic E-state index is 7.70. The third kappa shape index (κ3) is 2.17. The first-order chi connectivity index (χ1) is 7.54. The predicted octanol–water partition coefficient (Wildman–Crippen LogP) is 1.53. The Kier molecular flexibility index (Phi) is 2.59. The van der Waals surface area contributed by atoms with E-state index in [0.29, 0.717) is 17.0 Å².